The molecule has 6 rings (SSSR count). The van der Waals surface area contributed by atoms with Gasteiger partial charge in [0.25, 0.3) is 0 Å². The maximum atomic E-state index is 12.8. The minimum Gasteiger partial charge on any atom is -0.473 e. The summed E-state index contributed by atoms with van der Waals surface area (Å²) in [4.78, 5) is 11.8. The number of aromatic nitrogens is 5. The summed E-state index contributed by atoms with van der Waals surface area (Å²) in [6, 6.07) is 5.74. The van der Waals surface area contributed by atoms with Gasteiger partial charge in [-0.15, -0.1) is 4.80 Å². The number of fused-ring (bicyclic) bond motifs is 3. The van der Waals surface area contributed by atoms with E-state index < -0.39 is 18.0 Å². The number of hydrogen-bond donors (Lipinski definition) is 1. The first-order valence-corrected chi connectivity index (χ1v) is 10.8. The van der Waals surface area contributed by atoms with Crippen LogP contribution < -0.4 is 4.74 Å². The van der Waals surface area contributed by atoms with E-state index in [0.29, 0.717) is 23.8 Å². The molecule has 3 fully saturated rings. The number of nitrogens with zero attached hydrogens (tertiary/aromatic N) is 6. The molecule has 2 bridgehead atoms. The molecule has 174 valence electrons. The highest BCUT2D eigenvalue weighted by Crippen LogP contribution is 2.41. The Balaban J connectivity index is 1.39. The largest absolute Gasteiger partial charge is 0.473 e. The second kappa shape index (κ2) is 8.38. The SMILES string of the molecule is Cc1ccc(-n2nccn2)c(C(O)N2CC3CCC2C(Oc2ccc(C(F)(F)F)cn2)C3)n1. The quantitative estimate of drug-likeness (QED) is 0.625. The van der Waals surface area contributed by atoms with Crippen molar-refractivity contribution in [2.24, 2.45) is 5.92 Å². The van der Waals surface area contributed by atoms with Gasteiger partial charge in [0.1, 0.15) is 17.5 Å². The molecule has 8 nitrogen and oxygen atoms in total. The number of pyridine rings is 2. The zero-order chi connectivity index (χ0) is 23.2. The van der Waals surface area contributed by atoms with Crippen molar-refractivity contribution in [3.63, 3.8) is 0 Å². The molecule has 2 aliphatic heterocycles. The molecule has 0 radical (unpaired) electrons. The van der Waals surface area contributed by atoms with E-state index in [2.05, 4.69) is 20.2 Å². The van der Waals surface area contributed by atoms with E-state index in [1.54, 1.807) is 12.4 Å². The molecule has 2 saturated heterocycles. The van der Waals surface area contributed by atoms with Gasteiger partial charge in [-0.25, -0.2) is 4.98 Å². The monoisotopic (exact) mass is 460 g/mol. The number of aliphatic hydroxyl groups is 1. The van der Waals surface area contributed by atoms with Crippen LogP contribution in [0.2, 0.25) is 0 Å². The molecule has 4 atom stereocenters. The molecule has 1 saturated carbocycles. The average molecular weight is 460 g/mol. The van der Waals surface area contributed by atoms with Gasteiger partial charge in [-0.1, -0.05) is 0 Å². The van der Waals surface area contributed by atoms with E-state index >= 15 is 0 Å². The van der Waals surface area contributed by atoms with Crippen molar-refractivity contribution in [2.45, 2.75) is 50.7 Å². The number of ether oxygens (including phenoxy) is 1. The molecule has 11 heteroatoms. The molecule has 0 aromatic carbocycles. The van der Waals surface area contributed by atoms with Gasteiger partial charge in [-0.05, 0) is 50.3 Å². The fourth-order valence-corrected chi connectivity index (χ4v) is 4.78. The predicted octanol–water partition coefficient (Wildman–Crippen LogP) is 3.31. The second-order valence-electron chi connectivity index (χ2n) is 8.53. The van der Waals surface area contributed by atoms with Gasteiger partial charge in [-0.2, -0.15) is 23.4 Å². The highest BCUT2D eigenvalue weighted by molar-refractivity contribution is 5.37. The zero-order valence-corrected chi connectivity index (χ0v) is 17.9. The van der Waals surface area contributed by atoms with Crippen LogP contribution in [0.1, 0.15) is 42.4 Å². The fraction of sp³-hybridized carbons (Fsp3) is 0.455. The van der Waals surface area contributed by atoms with Crippen molar-refractivity contribution in [1.82, 2.24) is 29.9 Å². The van der Waals surface area contributed by atoms with Crippen LogP contribution in [0.3, 0.4) is 0 Å². The molecule has 4 unspecified atom stereocenters. The summed E-state index contributed by atoms with van der Waals surface area (Å²) in [6.07, 6.45) is 0.696. The highest BCUT2D eigenvalue weighted by Gasteiger charge is 2.45. The molecule has 33 heavy (non-hydrogen) atoms. The van der Waals surface area contributed by atoms with Crippen LogP contribution >= 0.6 is 0 Å². The highest BCUT2D eigenvalue weighted by atomic mass is 19.4. The normalized spacial score (nSPS) is 24.1. The number of alkyl halides is 3. The molecule has 3 aromatic rings. The summed E-state index contributed by atoms with van der Waals surface area (Å²) < 4.78 is 44.5. The van der Waals surface area contributed by atoms with Gasteiger partial charge in [0.2, 0.25) is 5.88 Å². The van der Waals surface area contributed by atoms with E-state index in [1.165, 1.54) is 10.9 Å². The molecule has 1 aliphatic carbocycles. The van der Waals surface area contributed by atoms with E-state index in [-0.39, 0.29) is 18.0 Å². The van der Waals surface area contributed by atoms with Gasteiger partial charge in [0.05, 0.1) is 18.0 Å². The molecular weight excluding hydrogens is 437 g/mol. The topological polar surface area (TPSA) is 89.2 Å². The summed E-state index contributed by atoms with van der Waals surface area (Å²) in [5, 5.41) is 19.7. The van der Waals surface area contributed by atoms with E-state index in [9.17, 15) is 18.3 Å². The number of aliphatic hydroxyl groups excluding tert-OH is 1. The molecular formula is C22H23F3N6O2. The van der Waals surface area contributed by atoms with Gasteiger partial charge < -0.3 is 9.84 Å². The lowest BCUT2D eigenvalue weighted by molar-refractivity contribution is -0.138. The molecule has 3 aliphatic rings. The molecule has 5 heterocycles. The molecule has 0 amide bonds. The van der Waals surface area contributed by atoms with Gasteiger partial charge in [-0.3, -0.25) is 9.88 Å². The minimum absolute atomic E-state index is 0.130. The van der Waals surface area contributed by atoms with Gasteiger partial charge in [0, 0.05) is 30.5 Å². The van der Waals surface area contributed by atoms with Crippen LogP contribution in [-0.2, 0) is 6.18 Å². The number of hydrogen-bond acceptors (Lipinski definition) is 7. The number of halogens is 3. The third kappa shape index (κ3) is 4.30. The maximum Gasteiger partial charge on any atom is 0.417 e. The van der Waals surface area contributed by atoms with Crippen molar-refractivity contribution in [3.05, 3.63) is 59.8 Å². The van der Waals surface area contributed by atoms with Gasteiger partial charge in [0.15, 0.2) is 6.23 Å². The van der Waals surface area contributed by atoms with Crippen LogP contribution in [0.5, 0.6) is 5.88 Å². The van der Waals surface area contributed by atoms with E-state index in [4.69, 9.17) is 4.74 Å². The van der Waals surface area contributed by atoms with E-state index in [0.717, 1.165) is 37.2 Å². The van der Waals surface area contributed by atoms with Crippen molar-refractivity contribution in [2.75, 3.05) is 6.54 Å². The Labute approximate surface area is 188 Å². The minimum atomic E-state index is -4.45. The van der Waals surface area contributed by atoms with Gasteiger partial charge >= 0.3 is 6.18 Å². The van der Waals surface area contributed by atoms with Crippen molar-refractivity contribution in [3.8, 4) is 11.6 Å². The second-order valence-corrected chi connectivity index (χ2v) is 8.53. The lowest BCUT2D eigenvalue weighted by atomic mass is 9.77. The molecule has 1 N–H and O–H groups in total. The first kappa shape index (κ1) is 21.8. The first-order valence-electron chi connectivity index (χ1n) is 10.8. The summed E-state index contributed by atoms with van der Waals surface area (Å²) in [5.41, 5.74) is 0.970. The van der Waals surface area contributed by atoms with Crippen molar-refractivity contribution < 1.29 is 23.0 Å². The van der Waals surface area contributed by atoms with Crippen LogP contribution in [-0.4, -0.2) is 53.7 Å². The van der Waals surface area contributed by atoms with Crippen LogP contribution in [0.25, 0.3) is 5.69 Å². The number of aryl methyl sites for hydroxylation is 1. The van der Waals surface area contributed by atoms with Crippen LogP contribution in [0.15, 0.2) is 42.9 Å². The van der Waals surface area contributed by atoms with Crippen molar-refractivity contribution >= 4 is 0 Å². The predicted molar refractivity (Wildman–Crippen MR) is 110 cm³/mol. The standard InChI is InChI=1S/C22H23F3N6O2/c1-13-2-5-17(31-27-8-9-28-31)20(29-13)21(32)30-12-14-3-6-16(30)18(10-14)33-19-7-4-15(11-26-19)22(23,24)25/h2,4-5,7-9,11,14,16,18,21,32H,3,6,10,12H2,1H3. The third-order valence-electron chi connectivity index (χ3n) is 6.33. The first-order chi connectivity index (χ1) is 15.8. The van der Waals surface area contributed by atoms with E-state index in [1.807, 2.05) is 24.0 Å². The fourth-order valence-electron chi connectivity index (χ4n) is 4.78. The molecule has 3 aromatic heterocycles. The smallest absolute Gasteiger partial charge is 0.417 e. The summed E-state index contributed by atoms with van der Waals surface area (Å²) >= 11 is 0. The Kier molecular flexibility index (Phi) is 5.53. The van der Waals surface area contributed by atoms with Crippen molar-refractivity contribution in [1.29, 1.82) is 0 Å². The summed E-state index contributed by atoms with van der Waals surface area (Å²) in [6.45, 7) is 2.52. The lowest BCUT2D eigenvalue weighted by Gasteiger charge is -2.50. The zero-order valence-electron chi connectivity index (χ0n) is 17.9. The summed E-state index contributed by atoms with van der Waals surface area (Å²) in [7, 11) is 0. The number of piperidine rings is 2. The maximum absolute atomic E-state index is 12.8. The Bertz CT molecular complexity index is 1110. The number of rotatable bonds is 5. The Hall–Kier alpha value is -3.05. The molecule has 0 spiro atoms. The summed E-state index contributed by atoms with van der Waals surface area (Å²) in [5.74, 6) is 0.435. The Morgan fingerprint density at radius 2 is 1.91 bits per heavy atom. The van der Waals surface area contributed by atoms with Crippen LogP contribution in [0.4, 0.5) is 13.2 Å². The Morgan fingerprint density at radius 1 is 1.12 bits per heavy atom. The third-order valence-corrected chi connectivity index (χ3v) is 6.33. The average Bonchev–Trinajstić information content (AvgIpc) is 3.33. The lowest BCUT2D eigenvalue weighted by Crippen LogP contribution is -2.58. The van der Waals surface area contributed by atoms with Crippen LogP contribution in [0, 0.1) is 12.8 Å². The Morgan fingerprint density at radius 3 is 2.58 bits per heavy atom.